The lowest BCUT2D eigenvalue weighted by Crippen LogP contribution is -2.48. The molecule has 2 heterocycles. The van der Waals surface area contributed by atoms with Crippen molar-refractivity contribution < 1.29 is 17.9 Å². The number of piperazine rings is 1. The molecule has 1 amide bonds. The van der Waals surface area contributed by atoms with Gasteiger partial charge in [0.15, 0.2) is 0 Å². The molecule has 31 heavy (non-hydrogen) atoms. The summed E-state index contributed by atoms with van der Waals surface area (Å²) >= 11 is 0. The molecule has 9 heteroatoms. The number of carbonyl (C=O) groups excluding carboxylic acids is 1. The summed E-state index contributed by atoms with van der Waals surface area (Å²) in [4.78, 5) is 16.9. The Kier molecular flexibility index (Phi) is 6.13. The number of nitrogens with zero attached hydrogens (tertiary/aromatic N) is 3. The number of amides is 1. The first-order valence-corrected chi connectivity index (χ1v) is 11.8. The van der Waals surface area contributed by atoms with Gasteiger partial charge in [0.1, 0.15) is 16.5 Å². The van der Waals surface area contributed by atoms with E-state index < -0.39 is 10.0 Å². The zero-order valence-electron chi connectivity index (χ0n) is 17.5. The average molecular weight is 443 g/mol. The third-order valence-electron chi connectivity index (χ3n) is 5.53. The zero-order valence-corrected chi connectivity index (χ0v) is 18.3. The largest absolute Gasteiger partial charge is 0.497 e. The second-order valence-corrected chi connectivity index (χ2v) is 9.13. The van der Waals surface area contributed by atoms with Crippen LogP contribution in [0.25, 0.3) is 0 Å². The number of amidine groups is 1. The molecule has 4 rings (SSSR count). The summed E-state index contributed by atoms with van der Waals surface area (Å²) in [7, 11) is -2.03. The number of methoxy groups -OCH3 is 1. The Morgan fingerprint density at radius 2 is 1.87 bits per heavy atom. The fraction of sp³-hybridized carbons (Fsp3) is 0.364. The lowest BCUT2D eigenvalue weighted by Gasteiger charge is -2.36. The second-order valence-electron chi connectivity index (χ2n) is 7.56. The van der Waals surface area contributed by atoms with Gasteiger partial charge >= 0.3 is 0 Å². The minimum absolute atomic E-state index is 0.0879. The summed E-state index contributed by atoms with van der Waals surface area (Å²) in [6.45, 7) is 2.86. The monoisotopic (exact) mass is 442 g/mol. The van der Waals surface area contributed by atoms with E-state index in [-0.39, 0.29) is 10.8 Å². The molecule has 0 radical (unpaired) electrons. The van der Waals surface area contributed by atoms with E-state index >= 15 is 0 Å². The van der Waals surface area contributed by atoms with Crippen LogP contribution in [0.1, 0.15) is 19.3 Å². The molecular weight excluding hydrogens is 416 g/mol. The molecule has 2 aromatic carbocycles. The molecule has 0 saturated carbocycles. The number of rotatable bonds is 6. The van der Waals surface area contributed by atoms with Gasteiger partial charge < -0.3 is 19.9 Å². The van der Waals surface area contributed by atoms with Crippen molar-refractivity contribution in [1.29, 1.82) is 0 Å². The summed E-state index contributed by atoms with van der Waals surface area (Å²) < 4.78 is 33.7. The fourth-order valence-electron chi connectivity index (χ4n) is 3.86. The molecule has 0 unspecified atom stereocenters. The van der Waals surface area contributed by atoms with Crippen LogP contribution in [-0.4, -0.2) is 58.3 Å². The van der Waals surface area contributed by atoms with Crippen LogP contribution in [0.5, 0.6) is 5.75 Å². The highest BCUT2D eigenvalue weighted by Gasteiger charge is 2.25. The first-order chi connectivity index (χ1) is 15.0. The van der Waals surface area contributed by atoms with E-state index in [2.05, 4.69) is 14.6 Å². The standard InChI is InChI=1S/C22H26N4O4S/c1-30-18-7-4-6-17(16-18)25-12-14-26(15-13-25)22(27)11-5-10-21-23-19-8-2-3-9-20(19)31(28,29)24-21/h2-4,6-9,16H,5,10-15H2,1H3,(H,23,24). The Bertz CT molecular complexity index is 1090. The molecular formula is C22H26N4O4S. The number of hydrogen-bond donors (Lipinski definition) is 1. The Morgan fingerprint density at radius 1 is 1.10 bits per heavy atom. The minimum atomic E-state index is -3.68. The molecule has 0 bridgehead atoms. The molecule has 0 atom stereocenters. The molecule has 8 nitrogen and oxygen atoms in total. The van der Waals surface area contributed by atoms with Crippen molar-refractivity contribution >= 4 is 33.1 Å². The number of hydrogen-bond acceptors (Lipinski definition) is 6. The van der Waals surface area contributed by atoms with E-state index in [9.17, 15) is 13.2 Å². The maximum absolute atomic E-state index is 12.6. The zero-order chi connectivity index (χ0) is 21.8. The van der Waals surface area contributed by atoms with Gasteiger partial charge in [-0.1, -0.05) is 18.2 Å². The first kappa shape index (κ1) is 21.2. The molecule has 2 aliphatic rings. The predicted octanol–water partition coefficient (Wildman–Crippen LogP) is 2.73. The van der Waals surface area contributed by atoms with Gasteiger partial charge in [-0.3, -0.25) is 4.79 Å². The van der Waals surface area contributed by atoms with Gasteiger partial charge in [0.25, 0.3) is 10.0 Å². The predicted molar refractivity (Wildman–Crippen MR) is 120 cm³/mol. The number of benzene rings is 2. The van der Waals surface area contributed by atoms with Gasteiger partial charge in [-0.15, -0.1) is 4.40 Å². The summed E-state index contributed by atoms with van der Waals surface area (Å²) in [5.74, 6) is 1.29. The highest BCUT2D eigenvalue weighted by molar-refractivity contribution is 7.90. The Morgan fingerprint density at radius 3 is 2.65 bits per heavy atom. The Balaban J connectivity index is 1.26. The molecule has 0 spiro atoms. The van der Waals surface area contributed by atoms with Crippen LogP contribution in [0, 0.1) is 0 Å². The van der Waals surface area contributed by atoms with E-state index in [4.69, 9.17) is 4.74 Å². The Hall–Kier alpha value is -3.07. The van der Waals surface area contributed by atoms with Gasteiger partial charge in [-0.2, -0.15) is 8.42 Å². The van der Waals surface area contributed by atoms with E-state index in [1.54, 1.807) is 25.3 Å². The van der Waals surface area contributed by atoms with Crippen molar-refractivity contribution in [3.63, 3.8) is 0 Å². The van der Waals surface area contributed by atoms with Gasteiger partial charge in [-0.25, -0.2) is 0 Å². The summed E-state index contributed by atoms with van der Waals surface area (Å²) in [5.41, 5.74) is 1.63. The van der Waals surface area contributed by atoms with Crippen LogP contribution >= 0.6 is 0 Å². The number of ether oxygens (including phenoxy) is 1. The summed E-state index contributed by atoms with van der Waals surface area (Å²) in [6.07, 6.45) is 1.31. The maximum atomic E-state index is 12.6. The number of nitrogens with one attached hydrogen (secondary N) is 1. The molecule has 1 N–H and O–H groups in total. The van der Waals surface area contributed by atoms with Crippen molar-refractivity contribution in [3.05, 3.63) is 48.5 Å². The number of carbonyl (C=O) groups is 1. The van der Waals surface area contributed by atoms with E-state index in [1.165, 1.54) is 6.07 Å². The van der Waals surface area contributed by atoms with Crippen molar-refractivity contribution in [1.82, 2.24) is 4.90 Å². The Labute approximate surface area is 182 Å². The van der Waals surface area contributed by atoms with Crippen LogP contribution in [0.3, 0.4) is 0 Å². The molecule has 164 valence electrons. The van der Waals surface area contributed by atoms with Gasteiger partial charge in [-0.05, 0) is 30.7 Å². The van der Waals surface area contributed by atoms with Gasteiger partial charge in [0, 0.05) is 50.8 Å². The third-order valence-corrected chi connectivity index (χ3v) is 6.90. The highest BCUT2D eigenvalue weighted by Crippen LogP contribution is 2.27. The number of anilines is 2. The molecule has 2 aromatic rings. The first-order valence-electron chi connectivity index (χ1n) is 10.3. The number of fused-ring (bicyclic) bond motifs is 1. The number of sulfonamides is 1. The van der Waals surface area contributed by atoms with Crippen molar-refractivity contribution in [2.24, 2.45) is 4.40 Å². The van der Waals surface area contributed by atoms with Crippen molar-refractivity contribution in [2.75, 3.05) is 43.5 Å². The normalized spacial score (nSPS) is 17.4. The topological polar surface area (TPSA) is 91.3 Å². The summed E-state index contributed by atoms with van der Waals surface area (Å²) in [6, 6.07) is 14.6. The molecule has 1 saturated heterocycles. The van der Waals surface area contributed by atoms with Gasteiger partial charge in [0.2, 0.25) is 5.91 Å². The van der Waals surface area contributed by atoms with Crippen LogP contribution in [0.4, 0.5) is 11.4 Å². The molecule has 0 aromatic heterocycles. The van der Waals surface area contributed by atoms with E-state index in [0.29, 0.717) is 43.9 Å². The lowest BCUT2D eigenvalue weighted by atomic mass is 10.1. The number of para-hydroxylation sites is 1. The lowest BCUT2D eigenvalue weighted by molar-refractivity contribution is -0.131. The van der Waals surface area contributed by atoms with Crippen LogP contribution in [0.2, 0.25) is 0 Å². The maximum Gasteiger partial charge on any atom is 0.286 e. The minimum Gasteiger partial charge on any atom is -0.497 e. The molecule has 1 fully saturated rings. The van der Waals surface area contributed by atoms with Crippen molar-refractivity contribution in [3.8, 4) is 5.75 Å². The van der Waals surface area contributed by atoms with E-state index in [0.717, 1.165) is 24.5 Å². The van der Waals surface area contributed by atoms with Gasteiger partial charge in [0.05, 0.1) is 12.8 Å². The molecule has 2 aliphatic heterocycles. The fourth-order valence-corrected chi connectivity index (χ4v) is 5.03. The second kappa shape index (κ2) is 8.97. The smallest absolute Gasteiger partial charge is 0.286 e. The highest BCUT2D eigenvalue weighted by atomic mass is 32.2. The van der Waals surface area contributed by atoms with Crippen LogP contribution in [0.15, 0.2) is 57.8 Å². The van der Waals surface area contributed by atoms with Crippen LogP contribution in [-0.2, 0) is 14.8 Å². The molecule has 0 aliphatic carbocycles. The van der Waals surface area contributed by atoms with E-state index in [1.807, 2.05) is 29.2 Å². The SMILES string of the molecule is COc1cccc(N2CCN(C(=O)CCCC3=NS(=O)(=O)c4ccccc4N3)CC2)c1. The van der Waals surface area contributed by atoms with Crippen molar-refractivity contribution in [2.45, 2.75) is 24.2 Å². The van der Waals surface area contributed by atoms with Crippen LogP contribution < -0.4 is 15.0 Å². The summed E-state index contributed by atoms with van der Waals surface area (Å²) in [5, 5.41) is 3.07. The third kappa shape index (κ3) is 4.82. The average Bonchev–Trinajstić information content (AvgIpc) is 2.79. The quantitative estimate of drug-likeness (QED) is 0.740.